The number of unbranched alkanes of at least 4 members (excludes halogenated alkanes) is 3. The number of nitrogens with one attached hydrogen (secondary N) is 1. The molecule has 0 aromatic rings. The highest BCUT2D eigenvalue weighted by Gasteiger charge is 2.79. The summed E-state index contributed by atoms with van der Waals surface area (Å²) in [4.78, 5) is 0. The molecule has 0 aromatic heterocycles. The maximum Gasteiger partial charge on any atom is 0.438 e. The summed E-state index contributed by atoms with van der Waals surface area (Å²) in [6, 6.07) is 0. The zero-order valence-electron chi connectivity index (χ0n) is 13.4. The minimum atomic E-state index is -6.84. The predicted octanol–water partition coefficient (Wildman–Crippen LogP) is 3.88. The fraction of sp³-hybridized carbons (Fsp3) is 1.00. The third-order valence-corrected chi connectivity index (χ3v) is 3.72. The van der Waals surface area contributed by atoms with E-state index in [9.17, 15) is 39.2 Å². The van der Waals surface area contributed by atoms with Gasteiger partial charge in [-0.25, -0.2) is 4.39 Å². The third kappa shape index (κ3) is 6.03. The van der Waals surface area contributed by atoms with Gasteiger partial charge in [-0.3, -0.25) is 4.55 Å². The molecule has 24 heavy (non-hydrogen) atoms. The van der Waals surface area contributed by atoms with Gasteiger partial charge < -0.3 is 5.32 Å². The van der Waals surface area contributed by atoms with E-state index in [1.807, 2.05) is 14.1 Å². The van der Waals surface area contributed by atoms with Gasteiger partial charge in [0, 0.05) is 0 Å². The van der Waals surface area contributed by atoms with Gasteiger partial charge in [0.15, 0.2) is 6.17 Å². The van der Waals surface area contributed by atoms with Crippen LogP contribution < -0.4 is 5.32 Å². The molecule has 1 atom stereocenters. The average molecular weight is 393 g/mol. The van der Waals surface area contributed by atoms with Gasteiger partial charge in [-0.15, -0.1) is 0 Å². The first-order valence-electron chi connectivity index (χ1n) is 6.98. The first kappa shape index (κ1) is 25.6. The maximum atomic E-state index is 13.2. The van der Waals surface area contributed by atoms with Crippen molar-refractivity contribution in [1.29, 1.82) is 0 Å². The fourth-order valence-electron chi connectivity index (χ4n) is 1.48. The van der Waals surface area contributed by atoms with Crippen LogP contribution in [0.15, 0.2) is 0 Å². The summed E-state index contributed by atoms with van der Waals surface area (Å²) < 4.78 is 119. The number of hydrogen-bond acceptors (Lipinski definition) is 3. The monoisotopic (exact) mass is 393 g/mol. The fourth-order valence-corrected chi connectivity index (χ4v) is 1.94. The Labute approximate surface area is 136 Å². The van der Waals surface area contributed by atoms with Crippen LogP contribution in [0.25, 0.3) is 0 Å². The lowest BCUT2D eigenvalue weighted by Crippen LogP contribution is -2.61. The standard InChI is InChI=1S/C10H15F7O3S.C2H7N/c1-2-3-4-5-6-7(11)8(12,13)9(14,15)10(16,17)21(18,19)20;1-3-2/h7H,2-6H2,1H3,(H,18,19,20);3H,1-2H3. The zero-order valence-corrected chi connectivity index (χ0v) is 14.2. The van der Waals surface area contributed by atoms with Crippen LogP contribution in [0.4, 0.5) is 30.7 Å². The summed E-state index contributed by atoms with van der Waals surface area (Å²) in [7, 11) is -3.09. The maximum absolute atomic E-state index is 13.2. The Morgan fingerprint density at radius 1 is 1.00 bits per heavy atom. The Morgan fingerprint density at radius 2 is 1.42 bits per heavy atom. The van der Waals surface area contributed by atoms with Crippen LogP contribution in [0, 0.1) is 0 Å². The SMILES string of the molecule is CCCCCCC(F)C(F)(F)C(F)(F)C(F)(F)S(=O)(=O)O.CNC. The van der Waals surface area contributed by atoms with Crippen LogP contribution in [0.2, 0.25) is 0 Å². The van der Waals surface area contributed by atoms with Crippen LogP contribution in [0.1, 0.15) is 39.0 Å². The van der Waals surface area contributed by atoms with E-state index in [4.69, 9.17) is 4.55 Å². The van der Waals surface area contributed by atoms with Gasteiger partial charge in [0.25, 0.3) is 0 Å². The van der Waals surface area contributed by atoms with Crippen molar-refractivity contribution in [2.45, 2.75) is 62.3 Å². The summed E-state index contributed by atoms with van der Waals surface area (Å²) in [5, 5.41) is -3.75. The van der Waals surface area contributed by atoms with Crippen molar-refractivity contribution in [3.8, 4) is 0 Å². The van der Waals surface area contributed by atoms with Gasteiger partial charge >= 0.3 is 27.2 Å². The van der Waals surface area contributed by atoms with Crippen molar-refractivity contribution in [2.75, 3.05) is 14.1 Å². The van der Waals surface area contributed by atoms with Crippen molar-refractivity contribution in [3.63, 3.8) is 0 Å². The predicted molar refractivity (Wildman–Crippen MR) is 75.0 cm³/mol. The minimum absolute atomic E-state index is 0.229. The average Bonchev–Trinajstić information content (AvgIpc) is 2.42. The zero-order chi connectivity index (χ0) is 19.8. The van der Waals surface area contributed by atoms with Gasteiger partial charge in [0.2, 0.25) is 0 Å². The highest BCUT2D eigenvalue weighted by Crippen LogP contribution is 2.50. The van der Waals surface area contributed by atoms with Crippen LogP contribution >= 0.6 is 0 Å². The van der Waals surface area contributed by atoms with E-state index < -0.39 is 39.8 Å². The van der Waals surface area contributed by atoms with E-state index in [-0.39, 0.29) is 12.8 Å². The Balaban J connectivity index is 0. The first-order valence-corrected chi connectivity index (χ1v) is 8.42. The molecule has 0 saturated heterocycles. The molecule has 12 heteroatoms. The molecule has 4 nitrogen and oxygen atoms in total. The van der Waals surface area contributed by atoms with E-state index in [1.165, 1.54) is 0 Å². The Morgan fingerprint density at radius 3 is 1.75 bits per heavy atom. The second-order valence-electron chi connectivity index (χ2n) is 5.01. The largest absolute Gasteiger partial charge is 0.438 e. The normalized spacial score (nSPS) is 14.8. The first-order chi connectivity index (χ1) is 10.6. The van der Waals surface area contributed by atoms with E-state index >= 15 is 0 Å². The highest BCUT2D eigenvalue weighted by atomic mass is 32.2. The Kier molecular flexibility index (Phi) is 10.4. The van der Waals surface area contributed by atoms with Crippen molar-refractivity contribution in [3.05, 3.63) is 0 Å². The molecular formula is C12H22F7NO3S. The van der Waals surface area contributed by atoms with Gasteiger partial charge in [0.1, 0.15) is 0 Å². The van der Waals surface area contributed by atoms with Crippen LogP contribution in [-0.4, -0.2) is 50.3 Å². The van der Waals surface area contributed by atoms with Crippen molar-refractivity contribution in [2.24, 2.45) is 0 Å². The molecule has 0 fully saturated rings. The smallest absolute Gasteiger partial charge is 0.323 e. The number of halogens is 7. The lowest BCUT2D eigenvalue weighted by molar-refractivity contribution is -0.300. The van der Waals surface area contributed by atoms with Crippen molar-refractivity contribution < 1.29 is 43.7 Å². The molecule has 0 radical (unpaired) electrons. The highest BCUT2D eigenvalue weighted by molar-refractivity contribution is 7.87. The molecule has 0 aromatic carbocycles. The molecule has 0 bridgehead atoms. The lowest BCUT2D eigenvalue weighted by Gasteiger charge is -2.32. The molecule has 148 valence electrons. The van der Waals surface area contributed by atoms with Crippen LogP contribution in [0.3, 0.4) is 0 Å². The van der Waals surface area contributed by atoms with E-state index in [0.717, 1.165) is 0 Å². The second kappa shape index (κ2) is 9.76. The Hall–Kier alpha value is -0.620. The Bertz CT molecular complexity index is 458. The van der Waals surface area contributed by atoms with E-state index in [0.29, 0.717) is 12.8 Å². The summed E-state index contributed by atoms with van der Waals surface area (Å²) in [6.45, 7) is 1.74. The number of hydrogen-bond donors (Lipinski definition) is 2. The molecule has 2 N–H and O–H groups in total. The summed E-state index contributed by atoms with van der Waals surface area (Å²) in [5.41, 5.74) is 0. The third-order valence-electron chi connectivity index (χ3n) is 2.81. The van der Waals surface area contributed by atoms with Crippen molar-refractivity contribution in [1.82, 2.24) is 5.32 Å². The van der Waals surface area contributed by atoms with E-state index in [1.54, 1.807) is 6.92 Å². The molecule has 0 saturated carbocycles. The van der Waals surface area contributed by atoms with Crippen LogP contribution in [0.5, 0.6) is 0 Å². The summed E-state index contributed by atoms with van der Waals surface area (Å²) in [6.07, 6.45) is -3.67. The molecule has 0 amide bonds. The molecule has 1 unspecified atom stereocenters. The van der Waals surface area contributed by atoms with Gasteiger partial charge in [-0.05, 0) is 20.5 Å². The summed E-state index contributed by atoms with van der Waals surface area (Å²) >= 11 is 0. The van der Waals surface area contributed by atoms with E-state index in [2.05, 4.69) is 5.32 Å². The molecular weight excluding hydrogens is 371 g/mol. The lowest BCUT2D eigenvalue weighted by atomic mass is 10.0. The second-order valence-corrected chi connectivity index (χ2v) is 6.47. The van der Waals surface area contributed by atoms with Gasteiger partial charge in [-0.1, -0.05) is 32.6 Å². The number of alkyl halides is 7. The van der Waals surface area contributed by atoms with Gasteiger partial charge in [-0.2, -0.15) is 34.8 Å². The minimum Gasteiger partial charge on any atom is -0.323 e. The molecule has 0 rings (SSSR count). The molecule has 0 aliphatic rings. The quantitative estimate of drug-likeness (QED) is 0.354. The molecule has 0 aliphatic carbocycles. The topological polar surface area (TPSA) is 66.4 Å². The molecule has 0 heterocycles. The molecule has 0 aliphatic heterocycles. The summed E-state index contributed by atoms with van der Waals surface area (Å²) in [5.74, 6) is -12.5. The van der Waals surface area contributed by atoms with Crippen LogP contribution in [-0.2, 0) is 10.1 Å². The molecule has 0 spiro atoms. The van der Waals surface area contributed by atoms with Crippen molar-refractivity contribution >= 4 is 10.1 Å². The number of rotatable bonds is 9. The van der Waals surface area contributed by atoms with Gasteiger partial charge in [0.05, 0.1) is 0 Å².